The summed E-state index contributed by atoms with van der Waals surface area (Å²) in [6, 6.07) is 0. The fourth-order valence-corrected chi connectivity index (χ4v) is 1.81. The number of unbranched alkanes of at least 4 members (excludes halogenated alkanes) is 2. The molecular formula is C14H24N4O. The molecule has 0 aliphatic rings. The quantitative estimate of drug-likeness (QED) is 0.741. The Balaban J connectivity index is 2.42. The third-order valence-electron chi connectivity index (χ3n) is 3.09. The van der Waals surface area contributed by atoms with E-state index >= 15 is 0 Å². The standard InChI is InChI=1S/C14H24N4O/c1-4-5-6-7-14(2,3)10-18-13(19)11-8-17-12(15)9-16-11/h8-9H,4-7,10H2,1-3H3,(H2,15,17)(H,18,19). The summed E-state index contributed by atoms with van der Waals surface area (Å²) < 4.78 is 0. The first-order valence-corrected chi connectivity index (χ1v) is 6.80. The highest BCUT2D eigenvalue weighted by molar-refractivity contribution is 5.91. The fraction of sp³-hybridized carbons (Fsp3) is 0.643. The molecule has 1 heterocycles. The number of aromatic nitrogens is 2. The van der Waals surface area contributed by atoms with Crippen molar-refractivity contribution in [3.8, 4) is 0 Å². The Labute approximate surface area is 115 Å². The summed E-state index contributed by atoms with van der Waals surface area (Å²) in [6.45, 7) is 7.16. The Morgan fingerprint density at radius 3 is 2.63 bits per heavy atom. The van der Waals surface area contributed by atoms with Crippen molar-refractivity contribution >= 4 is 11.7 Å². The molecule has 0 aliphatic heterocycles. The van der Waals surface area contributed by atoms with Gasteiger partial charge in [-0.25, -0.2) is 9.97 Å². The minimum absolute atomic E-state index is 0.103. The van der Waals surface area contributed by atoms with Gasteiger partial charge in [0.25, 0.3) is 5.91 Å². The van der Waals surface area contributed by atoms with Crippen molar-refractivity contribution < 1.29 is 4.79 Å². The van der Waals surface area contributed by atoms with Crippen LogP contribution in [0.5, 0.6) is 0 Å². The number of hydrogen-bond donors (Lipinski definition) is 2. The predicted molar refractivity (Wildman–Crippen MR) is 76.7 cm³/mol. The van der Waals surface area contributed by atoms with Crippen molar-refractivity contribution in [2.24, 2.45) is 5.41 Å². The zero-order chi connectivity index (χ0) is 14.3. The summed E-state index contributed by atoms with van der Waals surface area (Å²) in [5, 5.41) is 2.90. The summed E-state index contributed by atoms with van der Waals surface area (Å²) in [5.41, 5.74) is 5.84. The number of carbonyl (C=O) groups is 1. The zero-order valence-corrected chi connectivity index (χ0v) is 12.1. The van der Waals surface area contributed by atoms with Gasteiger partial charge in [0.15, 0.2) is 0 Å². The van der Waals surface area contributed by atoms with E-state index in [1.54, 1.807) is 0 Å². The van der Waals surface area contributed by atoms with E-state index in [0.29, 0.717) is 18.1 Å². The van der Waals surface area contributed by atoms with Gasteiger partial charge in [-0.2, -0.15) is 0 Å². The second-order valence-electron chi connectivity index (χ2n) is 5.63. The molecule has 19 heavy (non-hydrogen) atoms. The van der Waals surface area contributed by atoms with Crippen LogP contribution in [0.15, 0.2) is 12.4 Å². The number of rotatable bonds is 7. The van der Waals surface area contributed by atoms with E-state index in [-0.39, 0.29) is 11.3 Å². The molecule has 1 aromatic rings. The molecule has 0 radical (unpaired) electrons. The van der Waals surface area contributed by atoms with Gasteiger partial charge in [-0.1, -0.05) is 40.0 Å². The normalized spacial score (nSPS) is 11.3. The van der Waals surface area contributed by atoms with Crippen molar-refractivity contribution in [3.63, 3.8) is 0 Å². The van der Waals surface area contributed by atoms with Gasteiger partial charge < -0.3 is 11.1 Å². The average molecular weight is 264 g/mol. The molecule has 0 saturated heterocycles. The Kier molecular flexibility index (Phi) is 5.73. The molecule has 0 spiro atoms. The summed E-state index contributed by atoms with van der Waals surface area (Å²) in [7, 11) is 0. The number of anilines is 1. The maximum absolute atomic E-state index is 11.9. The second kappa shape index (κ2) is 7.07. The molecule has 0 bridgehead atoms. The van der Waals surface area contributed by atoms with Gasteiger partial charge in [0.05, 0.1) is 12.4 Å². The van der Waals surface area contributed by atoms with E-state index in [9.17, 15) is 4.79 Å². The molecule has 1 amide bonds. The highest BCUT2D eigenvalue weighted by atomic mass is 16.1. The van der Waals surface area contributed by atoms with Crippen molar-refractivity contribution in [1.82, 2.24) is 15.3 Å². The molecule has 106 valence electrons. The smallest absolute Gasteiger partial charge is 0.271 e. The number of carbonyl (C=O) groups excluding carboxylic acids is 1. The minimum atomic E-state index is -0.198. The van der Waals surface area contributed by atoms with Crippen LogP contribution in [0.3, 0.4) is 0 Å². The van der Waals surface area contributed by atoms with Crippen LogP contribution >= 0.6 is 0 Å². The van der Waals surface area contributed by atoms with E-state index in [4.69, 9.17) is 5.73 Å². The molecule has 0 aliphatic carbocycles. The third kappa shape index (κ3) is 5.68. The molecule has 0 unspecified atom stereocenters. The lowest BCUT2D eigenvalue weighted by Crippen LogP contribution is -2.34. The lowest BCUT2D eigenvalue weighted by atomic mass is 9.87. The van der Waals surface area contributed by atoms with Gasteiger partial charge in [-0.05, 0) is 11.8 Å². The molecule has 0 aromatic carbocycles. The van der Waals surface area contributed by atoms with Crippen LogP contribution in [0.1, 0.15) is 56.9 Å². The number of nitrogens with one attached hydrogen (secondary N) is 1. The van der Waals surface area contributed by atoms with Crippen LogP contribution in [0.2, 0.25) is 0 Å². The Morgan fingerprint density at radius 1 is 1.32 bits per heavy atom. The van der Waals surface area contributed by atoms with Crippen LogP contribution < -0.4 is 11.1 Å². The number of nitrogen functional groups attached to an aromatic ring is 1. The number of nitrogens with two attached hydrogens (primary N) is 1. The van der Waals surface area contributed by atoms with E-state index < -0.39 is 0 Å². The van der Waals surface area contributed by atoms with Gasteiger partial charge in [-0.3, -0.25) is 4.79 Å². The molecule has 1 rings (SSSR count). The largest absolute Gasteiger partial charge is 0.382 e. The molecule has 5 nitrogen and oxygen atoms in total. The van der Waals surface area contributed by atoms with Gasteiger partial charge in [0.2, 0.25) is 0 Å². The zero-order valence-electron chi connectivity index (χ0n) is 12.1. The first-order valence-electron chi connectivity index (χ1n) is 6.80. The Morgan fingerprint density at radius 2 is 2.05 bits per heavy atom. The SMILES string of the molecule is CCCCCC(C)(C)CNC(=O)c1cnc(N)cn1. The number of nitrogens with zero attached hydrogens (tertiary/aromatic N) is 2. The maximum atomic E-state index is 11.9. The highest BCUT2D eigenvalue weighted by Gasteiger charge is 2.19. The number of amides is 1. The van der Waals surface area contributed by atoms with Crippen LogP contribution in [-0.4, -0.2) is 22.4 Å². The van der Waals surface area contributed by atoms with Crippen LogP contribution in [0.25, 0.3) is 0 Å². The molecule has 0 atom stereocenters. The Hall–Kier alpha value is -1.65. The predicted octanol–water partition coefficient (Wildman–Crippen LogP) is 2.40. The first kappa shape index (κ1) is 15.4. The molecule has 3 N–H and O–H groups in total. The molecule has 0 fully saturated rings. The summed E-state index contributed by atoms with van der Waals surface area (Å²) >= 11 is 0. The molecular weight excluding hydrogens is 240 g/mol. The van der Waals surface area contributed by atoms with E-state index in [0.717, 1.165) is 6.42 Å². The molecule has 0 saturated carbocycles. The van der Waals surface area contributed by atoms with E-state index in [1.807, 2.05) is 0 Å². The summed E-state index contributed by atoms with van der Waals surface area (Å²) in [4.78, 5) is 19.7. The second-order valence-corrected chi connectivity index (χ2v) is 5.63. The monoisotopic (exact) mass is 264 g/mol. The van der Waals surface area contributed by atoms with Gasteiger partial charge >= 0.3 is 0 Å². The van der Waals surface area contributed by atoms with Gasteiger partial charge in [-0.15, -0.1) is 0 Å². The lowest BCUT2D eigenvalue weighted by Gasteiger charge is -2.24. The molecule has 5 heteroatoms. The number of hydrogen-bond acceptors (Lipinski definition) is 4. The minimum Gasteiger partial charge on any atom is -0.382 e. The van der Waals surface area contributed by atoms with Crippen LogP contribution in [0.4, 0.5) is 5.82 Å². The van der Waals surface area contributed by atoms with Crippen molar-refractivity contribution in [2.75, 3.05) is 12.3 Å². The van der Waals surface area contributed by atoms with E-state index in [1.165, 1.54) is 31.7 Å². The molecule has 1 aromatic heterocycles. The van der Waals surface area contributed by atoms with Gasteiger partial charge in [0.1, 0.15) is 11.5 Å². The van der Waals surface area contributed by atoms with Crippen molar-refractivity contribution in [3.05, 3.63) is 18.1 Å². The average Bonchev–Trinajstić information content (AvgIpc) is 2.37. The highest BCUT2D eigenvalue weighted by Crippen LogP contribution is 2.22. The van der Waals surface area contributed by atoms with E-state index in [2.05, 4.69) is 36.1 Å². The topological polar surface area (TPSA) is 80.9 Å². The maximum Gasteiger partial charge on any atom is 0.271 e. The lowest BCUT2D eigenvalue weighted by molar-refractivity contribution is 0.0928. The third-order valence-corrected chi connectivity index (χ3v) is 3.09. The summed E-state index contributed by atoms with van der Waals surface area (Å²) in [6.07, 6.45) is 7.54. The van der Waals surface area contributed by atoms with Crippen molar-refractivity contribution in [2.45, 2.75) is 46.5 Å². The van der Waals surface area contributed by atoms with Crippen LogP contribution in [0, 0.1) is 5.41 Å². The van der Waals surface area contributed by atoms with Gasteiger partial charge in [0, 0.05) is 6.54 Å². The summed E-state index contributed by atoms with van der Waals surface area (Å²) in [5.74, 6) is 0.118. The first-order chi connectivity index (χ1) is 8.94. The van der Waals surface area contributed by atoms with Crippen LogP contribution in [-0.2, 0) is 0 Å². The Bertz CT molecular complexity index is 400. The fourth-order valence-electron chi connectivity index (χ4n) is 1.81. The van der Waals surface area contributed by atoms with Crippen molar-refractivity contribution in [1.29, 1.82) is 0 Å².